The maximum Gasteiger partial charge on any atom is 0.185 e. The highest BCUT2D eigenvalue weighted by molar-refractivity contribution is 5.96. The fraction of sp³-hybridized carbons (Fsp3) is 0.600. The lowest BCUT2D eigenvalue weighted by Gasteiger charge is -2.27. The second-order valence-electron chi connectivity index (χ2n) is 5.27. The zero-order valence-electron chi connectivity index (χ0n) is 11.7. The van der Waals surface area contributed by atoms with E-state index in [9.17, 15) is 4.79 Å². The number of ketones is 1. The van der Waals surface area contributed by atoms with Gasteiger partial charge in [-0.1, -0.05) is 6.92 Å². The molecule has 4 nitrogen and oxygen atoms in total. The number of hydrogen-bond donors (Lipinski definition) is 1. The largest absolute Gasteiger partial charge is 0.494 e. The third-order valence-corrected chi connectivity index (χ3v) is 3.90. The number of hydrogen-bond acceptors (Lipinski definition) is 4. The van der Waals surface area contributed by atoms with Gasteiger partial charge < -0.3 is 10.1 Å². The molecule has 1 aliphatic rings. The summed E-state index contributed by atoms with van der Waals surface area (Å²) in [5.41, 5.74) is 0.459. The molecule has 0 amide bonds. The van der Waals surface area contributed by atoms with Crippen LogP contribution in [0, 0.1) is 11.8 Å². The quantitative estimate of drug-likeness (QED) is 0.827. The van der Waals surface area contributed by atoms with E-state index in [1.54, 1.807) is 25.4 Å². The number of carbonyl (C=O) groups is 1. The van der Waals surface area contributed by atoms with Crippen LogP contribution in [-0.2, 0) is 0 Å². The minimum Gasteiger partial charge on any atom is -0.494 e. The summed E-state index contributed by atoms with van der Waals surface area (Å²) in [6.45, 7) is 4.28. The molecule has 0 spiro atoms. The van der Waals surface area contributed by atoms with E-state index in [0.717, 1.165) is 13.1 Å². The molecule has 0 aliphatic carbocycles. The summed E-state index contributed by atoms with van der Waals surface area (Å²) in [6.07, 6.45) is 4.60. The second kappa shape index (κ2) is 6.66. The number of rotatable bonds is 5. The number of ether oxygens (including phenoxy) is 1. The molecule has 2 heterocycles. The predicted molar refractivity (Wildman–Crippen MR) is 74.5 cm³/mol. The van der Waals surface area contributed by atoms with Crippen LogP contribution in [0.15, 0.2) is 18.3 Å². The van der Waals surface area contributed by atoms with Crippen molar-refractivity contribution in [1.82, 2.24) is 10.3 Å². The summed E-state index contributed by atoms with van der Waals surface area (Å²) in [7, 11) is 1.57. The van der Waals surface area contributed by atoms with Gasteiger partial charge in [-0.25, -0.2) is 4.98 Å². The first kappa shape index (κ1) is 14.0. The van der Waals surface area contributed by atoms with E-state index < -0.39 is 0 Å². The smallest absolute Gasteiger partial charge is 0.185 e. The molecule has 0 bridgehead atoms. The summed E-state index contributed by atoms with van der Waals surface area (Å²) in [5, 5.41) is 3.40. The fourth-order valence-corrected chi connectivity index (χ4v) is 2.68. The number of nitrogens with one attached hydrogen (secondary N) is 1. The molecular formula is C15H22N2O2. The zero-order chi connectivity index (χ0) is 13.7. The van der Waals surface area contributed by atoms with Crippen LogP contribution < -0.4 is 10.1 Å². The number of nitrogens with zero attached hydrogens (tertiary/aromatic N) is 1. The van der Waals surface area contributed by atoms with Gasteiger partial charge in [0.05, 0.1) is 7.11 Å². The molecule has 1 aliphatic heterocycles. The second-order valence-corrected chi connectivity index (χ2v) is 5.27. The summed E-state index contributed by atoms with van der Waals surface area (Å²) < 4.78 is 5.20. The van der Waals surface area contributed by atoms with Crippen LogP contribution >= 0.6 is 0 Å². The summed E-state index contributed by atoms with van der Waals surface area (Å²) in [6, 6.07) is 3.57. The first-order valence-electron chi connectivity index (χ1n) is 6.95. The lowest BCUT2D eigenvalue weighted by atomic mass is 9.84. The Kier molecular flexibility index (Phi) is 4.91. The summed E-state index contributed by atoms with van der Waals surface area (Å²) in [5.74, 6) is 1.62. The third kappa shape index (κ3) is 3.53. The number of aromatic nitrogens is 1. The van der Waals surface area contributed by atoms with E-state index in [0.29, 0.717) is 29.7 Å². The summed E-state index contributed by atoms with van der Waals surface area (Å²) >= 11 is 0. The van der Waals surface area contributed by atoms with Gasteiger partial charge in [-0.15, -0.1) is 0 Å². The molecule has 2 rings (SSSR count). The lowest BCUT2D eigenvalue weighted by molar-refractivity contribution is 0.0934. The van der Waals surface area contributed by atoms with E-state index in [4.69, 9.17) is 4.74 Å². The SMILES string of the molecule is COc1cccnc1C(=O)CC(C)C1CCCNC1. The Labute approximate surface area is 114 Å². The Hall–Kier alpha value is -1.42. The molecule has 19 heavy (non-hydrogen) atoms. The van der Waals surface area contributed by atoms with E-state index in [1.165, 1.54) is 12.8 Å². The Morgan fingerprint density at radius 2 is 2.47 bits per heavy atom. The molecule has 2 atom stereocenters. The lowest BCUT2D eigenvalue weighted by Crippen LogP contribution is -2.34. The number of pyridine rings is 1. The van der Waals surface area contributed by atoms with Crippen molar-refractivity contribution in [2.75, 3.05) is 20.2 Å². The first-order valence-corrected chi connectivity index (χ1v) is 6.95. The van der Waals surface area contributed by atoms with Gasteiger partial charge in [-0.3, -0.25) is 4.79 Å². The number of methoxy groups -OCH3 is 1. The average molecular weight is 262 g/mol. The highest BCUT2D eigenvalue weighted by atomic mass is 16.5. The van der Waals surface area contributed by atoms with Crippen molar-refractivity contribution in [3.8, 4) is 5.75 Å². The molecule has 104 valence electrons. The molecule has 1 N–H and O–H groups in total. The van der Waals surface area contributed by atoms with Crippen molar-refractivity contribution in [1.29, 1.82) is 0 Å². The van der Waals surface area contributed by atoms with E-state index in [2.05, 4.69) is 17.2 Å². The van der Waals surface area contributed by atoms with Crippen molar-refractivity contribution >= 4 is 5.78 Å². The van der Waals surface area contributed by atoms with Gasteiger partial charge in [0.1, 0.15) is 11.4 Å². The molecule has 1 fully saturated rings. The molecule has 1 aromatic heterocycles. The number of Topliss-reactive ketones (excluding diaryl/α,β-unsaturated/α-hetero) is 1. The van der Waals surface area contributed by atoms with Crippen molar-refractivity contribution in [3.05, 3.63) is 24.0 Å². The predicted octanol–water partition coefficient (Wildman–Crippen LogP) is 2.30. The summed E-state index contributed by atoms with van der Waals surface area (Å²) in [4.78, 5) is 16.5. The normalized spacial score (nSPS) is 20.8. The molecule has 0 aromatic carbocycles. The molecule has 0 saturated carbocycles. The van der Waals surface area contributed by atoms with Gasteiger partial charge in [0.25, 0.3) is 0 Å². The van der Waals surface area contributed by atoms with Gasteiger partial charge in [0, 0.05) is 12.6 Å². The molecule has 1 saturated heterocycles. The van der Waals surface area contributed by atoms with E-state index >= 15 is 0 Å². The number of carbonyl (C=O) groups excluding carboxylic acids is 1. The minimum absolute atomic E-state index is 0.0792. The van der Waals surface area contributed by atoms with Crippen LogP contribution in [0.1, 0.15) is 36.7 Å². The topological polar surface area (TPSA) is 51.2 Å². The van der Waals surface area contributed by atoms with Gasteiger partial charge >= 0.3 is 0 Å². The standard InChI is InChI=1S/C15H22N2O2/c1-11(12-5-3-7-16-10-12)9-13(18)15-14(19-2)6-4-8-17-15/h4,6,8,11-12,16H,3,5,7,9-10H2,1-2H3. The molecule has 2 unspecified atom stereocenters. The van der Waals surface area contributed by atoms with Crippen LogP contribution in [0.2, 0.25) is 0 Å². The fourth-order valence-electron chi connectivity index (χ4n) is 2.68. The highest BCUT2D eigenvalue weighted by Crippen LogP contribution is 2.25. The molecule has 0 radical (unpaired) electrons. The Morgan fingerprint density at radius 1 is 1.63 bits per heavy atom. The van der Waals surface area contributed by atoms with E-state index in [-0.39, 0.29) is 5.78 Å². The van der Waals surface area contributed by atoms with Crippen molar-refractivity contribution in [2.24, 2.45) is 11.8 Å². The Bertz CT molecular complexity index is 428. The maximum absolute atomic E-state index is 12.3. The Morgan fingerprint density at radius 3 is 3.16 bits per heavy atom. The van der Waals surface area contributed by atoms with Crippen molar-refractivity contribution < 1.29 is 9.53 Å². The van der Waals surface area contributed by atoms with Crippen LogP contribution in [-0.4, -0.2) is 31.0 Å². The van der Waals surface area contributed by atoms with Gasteiger partial charge in [0.2, 0.25) is 0 Å². The van der Waals surface area contributed by atoms with Crippen molar-refractivity contribution in [2.45, 2.75) is 26.2 Å². The van der Waals surface area contributed by atoms with E-state index in [1.807, 2.05) is 0 Å². The van der Waals surface area contributed by atoms with Crippen molar-refractivity contribution in [3.63, 3.8) is 0 Å². The molecule has 4 heteroatoms. The molecular weight excluding hydrogens is 240 g/mol. The number of piperidine rings is 1. The highest BCUT2D eigenvalue weighted by Gasteiger charge is 2.24. The van der Waals surface area contributed by atoms with Crippen LogP contribution in [0.5, 0.6) is 5.75 Å². The van der Waals surface area contributed by atoms with Crippen LogP contribution in [0.4, 0.5) is 0 Å². The monoisotopic (exact) mass is 262 g/mol. The van der Waals surface area contributed by atoms with Crippen LogP contribution in [0.25, 0.3) is 0 Å². The van der Waals surface area contributed by atoms with Gasteiger partial charge in [0.15, 0.2) is 5.78 Å². The Balaban J connectivity index is 1.99. The average Bonchev–Trinajstić information content (AvgIpc) is 2.48. The molecule has 1 aromatic rings. The minimum atomic E-state index is 0.0792. The van der Waals surface area contributed by atoms with Gasteiger partial charge in [-0.05, 0) is 49.9 Å². The third-order valence-electron chi connectivity index (χ3n) is 3.90. The maximum atomic E-state index is 12.3. The van der Waals surface area contributed by atoms with Gasteiger partial charge in [-0.2, -0.15) is 0 Å². The zero-order valence-corrected chi connectivity index (χ0v) is 11.7. The first-order chi connectivity index (χ1) is 9.22. The van der Waals surface area contributed by atoms with Crippen LogP contribution in [0.3, 0.4) is 0 Å².